The van der Waals surface area contributed by atoms with Crippen molar-refractivity contribution in [3.8, 4) is 11.4 Å². The lowest BCUT2D eigenvalue weighted by molar-refractivity contribution is -0.677. The molecule has 7 nitrogen and oxygen atoms in total. The molecule has 1 aromatic heterocycles. The highest BCUT2D eigenvalue weighted by Crippen LogP contribution is 2.12. The number of hydrogen-bond acceptors (Lipinski definition) is 5. The Morgan fingerprint density at radius 1 is 1.41 bits per heavy atom. The summed E-state index contributed by atoms with van der Waals surface area (Å²) < 4.78 is 17.2. The van der Waals surface area contributed by atoms with E-state index >= 15 is 0 Å². The van der Waals surface area contributed by atoms with E-state index in [2.05, 4.69) is 10.6 Å². The maximum Gasteiger partial charge on any atom is 0.431 e. The van der Waals surface area contributed by atoms with Crippen molar-refractivity contribution < 1.29 is 18.7 Å². The maximum absolute atomic E-state index is 11.8. The van der Waals surface area contributed by atoms with E-state index in [0.717, 1.165) is 37.4 Å². The van der Waals surface area contributed by atoms with Crippen LogP contribution in [-0.2, 0) is 11.3 Å². The molecule has 0 spiro atoms. The minimum absolute atomic E-state index is 0.236. The fraction of sp³-hybridized carbons (Fsp3) is 0.467. The summed E-state index contributed by atoms with van der Waals surface area (Å²) in [5.74, 6) is 0.758. The van der Waals surface area contributed by atoms with E-state index in [0.29, 0.717) is 12.2 Å². The van der Waals surface area contributed by atoms with Gasteiger partial charge in [-0.1, -0.05) is 0 Å². The zero-order valence-corrected chi connectivity index (χ0v) is 12.5. The largest absolute Gasteiger partial charge is 0.497 e. The molecule has 1 aliphatic heterocycles. The van der Waals surface area contributed by atoms with Gasteiger partial charge in [-0.05, 0) is 34.9 Å². The van der Waals surface area contributed by atoms with Crippen molar-refractivity contribution in [3.63, 3.8) is 0 Å². The molecule has 0 bridgehead atoms. The Bertz CT molecular complexity index is 656. The molecular weight excluding hydrogens is 286 g/mol. The zero-order valence-electron chi connectivity index (χ0n) is 12.5. The van der Waals surface area contributed by atoms with Crippen molar-refractivity contribution >= 4 is 0 Å². The van der Waals surface area contributed by atoms with Crippen molar-refractivity contribution in [2.75, 3.05) is 20.3 Å². The van der Waals surface area contributed by atoms with Gasteiger partial charge in [-0.2, -0.15) is 0 Å². The van der Waals surface area contributed by atoms with Crippen LogP contribution in [0, 0.1) is 0 Å². The lowest BCUT2D eigenvalue weighted by Crippen LogP contribution is -2.41. The minimum atomic E-state index is -0.379. The van der Waals surface area contributed by atoms with Gasteiger partial charge in [0, 0.05) is 25.3 Å². The molecule has 1 saturated heterocycles. The number of aromatic amines is 1. The SMILES string of the molecule is COc1ccc(-[n+]2[nH]oc(=O)c2CNCC2CCCO2)cc1. The molecular formula is C15H20N3O4+. The summed E-state index contributed by atoms with van der Waals surface area (Å²) >= 11 is 0. The van der Waals surface area contributed by atoms with Crippen LogP contribution in [0.3, 0.4) is 0 Å². The van der Waals surface area contributed by atoms with Crippen LogP contribution in [0.2, 0.25) is 0 Å². The Morgan fingerprint density at radius 3 is 2.91 bits per heavy atom. The molecule has 1 unspecified atom stereocenters. The molecule has 0 radical (unpaired) electrons. The van der Waals surface area contributed by atoms with Crippen LogP contribution in [-0.4, -0.2) is 31.6 Å². The highest BCUT2D eigenvalue weighted by atomic mass is 16.5. The van der Waals surface area contributed by atoms with Gasteiger partial charge in [0.25, 0.3) is 0 Å². The van der Waals surface area contributed by atoms with Gasteiger partial charge in [0.1, 0.15) is 5.75 Å². The van der Waals surface area contributed by atoms with Crippen LogP contribution in [0.4, 0.5) is 0 Å². The van der Waals surface area contributed by atoms with Gasteiger partial charge in [-0.25, -0.2) is 4.79 Å². The highest BCUT2D eigenvalue weighted by Gasteiger charge is 2.23. The maximum atomic E-state index is 11.8. The molecule has 1 fully saturated rings. The molecule has 22 heavy (non-hydrogen) atoms. The number of hydrogen-bond donors (Lipinski definition) is 2. The number of ether oxygens (including phenoxy) is 2. The first-order valence-corrected chi connectivity index (χ1v) is 7.37. The first-order valence-electron chi connectivity index (χ1n) is 7.37. The summed E-state index contributed by atoms with van der Waals surface area (Å²) in [6, 6.07) is 7.37. The van der Waals surface area contributed by atoms with Crippen molar-refractivity contribution in [1.29, 1.82) is 0 Å². The Morgan fingerprint density at radius 2 is 2.23 bits per heavy atom. The molecule has 1 aliphatic rings. The quantitative estimate of drug-likeness (QED) is 0.761. The number of nitrogens with zero attached hydrogens (tertiary/aromatic N) is 1. The number of rotatable bonds is 6. The predicted molar refractivity (Wildman–Crippen MR) is 78.1 cm³/mol. The average molecular weight is 306 g/mol. The predicted octanol–water partition coefficient (Wildman–Crippen LogP) is 0.522. The summed E-state index contributed by atoms with van der Waals surface area (Å²) in [6.07, 6.45) is 2.40. The second kappa shape index (κ2) is 6.76. The van der Waals surface area contributed by atoms with Crippen molar-refractivity contribution in [3.05, 3.63) is 40.4 Å². The molecule has 118 valence electrons. The van der Waals surface area contributed by atoms with Crippen LogP contribution in [0.25, 0.3) is 5.69 Å². The summed E-state index contributed by atoms with van der Waals surface area (Å²) in [7, 11) is 1.61. The fourth-order valence-electron chi connectivity index (χ4n) is 2.54. The molecule has 3 rings (SSSR count). The topological polar surface area (TPSA) is 80.4 Å². The number of nitrogens with one attached hydrogen (secondary N) is 2. The standard InChI is InChI=1S/C15H19N3O4/c1-20-12-6-4-11(5-7-12)18-14(15(19)22-17-18)10-16-9-13-3-2-8-21-13/h4-7,13,16H,2-3,8-10H2,1H3/p+1. The number of methoxy groups -OCH3 is 1. The van der Waals surface area contributed by atoms with Crippen molar-refractivity contribution in [2.24, 2.45) is 0 Å². The first kappa shape index (κ1) is 14.8. The normalized spacial score (nSPS) is 17.8. The van der Waals surface area contributed by atoms with Gasteiger partial charge in [-0.3, -0.25) is 4.52 Å². The van der Waals surface area contributed by atoms with Crippen LogP contribution < -0.4 is 20.4 Å². The van der Waals surface area contributed by atoms with E-state index in [1.165, 1.54) is 0 Å². The summed E-state index contributed by atoms with van der Waals surface area (Å²) in [4.78, 5) is 11.8. The minimum Gasteiger partial charge on any atom is -0.497 e. The van der Waals surface area contributed by atoms with Gasteiger partial charge in [0.15, 0.2) is 0 Å². The van der Waals surface area contributed by atoms with Crippen LogP contribution >= 0.6 is 0 Å². The number of benzene rings is 1. The van der Waals surface area contributed by atoms with E-state index in [4.69, 9.17) is 14.0 Å². The lowest BCUT2D eigenvalue weighted by Gasteiger charge is -2.08. The molecule has 2 aromatic rings. The van der Waals surface area contributed by atoms with Gasteiger partial charge in [0.2, 0.25) is 5.69 Å². The average Bonchev–Trinajstić information content (AvgIpc) is 3.18. The Kier molecular flexibility index (Phi) is 4.55. The van der Waals surface area contributed by atoms with Gasteiger partial charge in [0.05, 0.1) is 19.8 Å². The molecule has 0 saturated carbocycles. The van der Waals surface area contributed by atoms with Gasteiger partial charge >= 0.3 is 11.3 Å². The summed E-state index contributed by atoms with van der Waals surface area (Å²) in [6.45, 7) is 1.97. The third-order valence-corrected chi connectivity index (χ3v) is 3.75. The monoisotopic (exact) mass is 306 g/mol. The highest BCUT2D eigenvalue weighted by molar-refractivity contribution is 5.31. The van der Waals surface area contributed by atoms with E-state index in [1.54, 1.807) is 11.8 Å². The van der Waals surface area contributed by atoms with E-state index < -0.39 is 0 Å². The molecule has 2 N–H and O–H groups in total. The lowest BCUT2D eigenvalue weighted by atomic mass is 10.2. The Hall–Kier alpha value is -2.12. The van der Waals surface area contributed by atoms with Crippen molar-refractivity contribution in [1.82, 2.24) is 10.6 Å². The van der Waals surface area contributed by atoms with Crippen LogP contribution in [0.5, 0.6) is 5.75 Å². The van der Waals surface area contributed by atoms with Gasteiger partial charge in [-0.15, -0.1) is 0 Å². The second-order valence-electron chi connectivity index (χ2n) is 5.23. The molecule has 0 amide bonds. The molecule has 1 aromatic carbocycles. The zero-order chi connectivity index (χ0) is 15.4. The Labute approximate surface area is 127 Å². The number of H-pyrrole nitrogens is 1. The summed E-state index contributed by atoms with van der Waals surface area (Å²) in [5.41, 5.74) is 0.944. The second-order valence-corrected chi connectivity index (χ2v) is 5.23. The van der Waals surface area contributed by atoms with Gasteiger partial charge < -0.3 is 14.8 Å². The van der Waals surface area contributed by atoms with E-state index in [9.17, 15) is 4.79 Å². The third kappa shape index (κ3) is 3.20. The summed E-state index contributed by atoms with van der Waals surface area (Å²) in [5, 5.41) is 5.88. The molecule has 0 aliphatic carbocycles. The Balaban J connectivity index is 1.70. The molecule has 1 atom stereocenters. The van der Waals surface area contributed by atoms with Crippen LogP contribution in [0.15, 0.2) is 33.6 Å². The van der Waals surface area contributed by atoms with Crippen LogP contribution in [0.1, 0.15) is 18.5 Å². The van der Waals surface area contributed by atoms with E-state index in [1.807, 2.05) is 24.3 Å². The number of aromatic nitrogens is 2. The third-order valence-electron chi connectivity index (χ3n) is 3.75. The smallest absolute Gasteiger partial charge is 0.431 e. The van der Waals surface area contributed by atoms with E-state index in [-0.39, 0.29) is 11.7 Å². The molecule has 7 heteroatoms. The molecule has 2 heterocycles. The first-order chi connectivity index (χ1) is 10.8. The fourth-order valence-corrected chi connectivity index (χ4v) is 2.54. The van der Waals surface area contributed by atoms with Crippen molar-refractivity contribution in [2.45, 2.75) is 25.5 Å².